The topological polar surface area (TPSA) is 55.4 Å². The van der Waals surface area contributed by atoms with E-state index in [9.17, 15) is 9.59 Å². The van der Waals surface area contributed by atoms with Crippen molar-refractivity contribution in [2.24, 2.45) is 0 Å². The number of amides is 1. The SMILES string of the molecule is CCCCCCOC(=O)c1ccc(NC(=O)C=Cc2ccccc2)cc1. The van der Waals surface area contributed by atoms with Gasteiger partial charge in [0.25, 0.3) is 0 Å². The second kappa shape index (κ2) is 10.9. The van der Waals surface area contributed by atoms with Crippen LogP contribution in [0.5, 0.6) is 0 Å². The number of unbranched alkanes of at least 4 members (excludes halogenated alkanes) is 3. The normalized spacial score (nSPS) is 10.7. The molecule has 0 radical (unpaired) electrons. The summed E-state index contributed by atoms with van der Waals surface area (Å²) in [5.41, 5.74) is 2.07. The molecule has 0 aliphatic rings. The third-order valence-electron chi connectivity index (χ3n) is 3.85. The fraction of sp³-hybridized carbons (Fsp3) is 0.273. The fourth-order valence-electron chi connectivity index (χ4n) is 2.39. The number of benzene rings is 2. The Labute approximate surface area is 154 Å². The first kappa shape index (κ1) is 19.4. The van der Waals surface area contributed by atoms with Gasteiger partial charge >= 0.3 is 5.97 Å². The van der Waals surface area contributed by atoms with Crippen LogP contribution in [0.1, 0.15) is 48.5 Å². The zero-order valence-corrected chi connectivity index (χ0v) is 15.1. The van der Waals surface area contributed by atoms with Crippen LogP contribution in [0.4, 0.5) is 5.69 Å². The maximum absolute atomic E-state index is 11.9. The third kappa shape index (κ3) is 6.93. The molecule has 2 rings (SSSR count). The van der Waals surface area contributed by atoms with Gasteiger partial charge < -0.3 is 10.1 Å². The predicted octanol–water partition coefficient (Wildman–Crippen LogP) is 5.08. The molecule has 0 fully saturated rings. The molecule has 136 valence electrons. The van der Waals surface area contributed by atoms with Crippen LogP contribution in [0.25, 0.3) is 6.08 Å². The highest BCUT2D eigenvalue weighted by Crippen LogP contribution is 2.11. The summed E-state index contributed by atoms with van der Waals surface area (Å²) in [4.78, 5) is 23.9. The molecule has 0 bridgehead atoms. The lowest BCUT2D eigenvalue weighted by Crippen LogP contribution is -2.09. The zero-order chi connectivity index (χ0) is 18.6. The average Bonchev–Trinajstić information content (AvgIpc) is 2.67. The number of carbonyl (C=O) groups is 2. The van der Waals surface area contributed by atoms with Crippen molar-refractivity contribution < 1.29 is 14.3 Å². The maximum Gasteiger partial charge on any atom is 0.338 e. The minimum absolute atomic E-state index is 0.222. The Morgan fingerprint density at radius 1 is 0.962 bits per heavy atom. The van der Waals surface area contributed by atoms with Gasteiger partial charge in [0.2, 0.25) is 5.91 Å². The quantitative estimate of drug-likeness (QED) is 0.389. The smallest absolute Gasteiger partial charge is 0.338 e. The molecule has 2 aromatic carbocycles. The van der Waals surface area contributed by atoms with E-state index in [-0.39, 0.29) is 11.9 Å². The van der Waals surface area contributed by atoms with E-state index in [0.29, 0.717) is 17.9 Å². The van der Waals surface area contributed by atoms with Gasteiger partial charge in [-0.2, -0.15) is 0 Å². The number of rotatable bonds is 9. The second-order valence-corrected chi connectivity index (χ2v) is 6.01. The van der Waals surface area contributed by atoms with Crippen molar-refractivity contribution in [3.05, 3.63) is 71.8 Å². The highest BCUT2D eigenvalue weighted by atomic mass is 16.5. The predicted molar refractivity (Wildman–Crippen MR) is 105 cm³/mol. The Hall–Kier alpha value is -2.88. The summed E-state index contributed by atoms with van der Waals surface area (Å²) in [5, 5.41) is 2.77. The molecule has 0 saturated carbocycles. The van der Waals surface area contributed by atoms with Gasteiger partial charge in [-0.15, -0.1) is 0 Å². The van der Waals surface area contributed by atoms with Gasteiger partial charge in [0.05, 0.1) is 12.2 Å². The summed E-state index contributed by atoms with van der Waals surface area (Å²) in [7, 11) is 0. The van der Waals surface area contributed by atoms with Crippen molar-refractivity contribution >= 4 is 23.6 Å². The van der Waals surface area contributed by atoms with E-state index in [1.807, 2.05) is 30.3 Å². The van der Waals surface area contributed by atoms with Crippen molar-refractivity contribution in [1.29, 1.82) is 0 Å². The van der Waals surface area contributed by atoms with Gasteiger partial charge in [-0.05, 0) is 42.3 Å². The molecule has 0 saturated heterocycles. The molecule has 0 aromatic heterocycles. The molecule has 0 aliphatic carbocycles. The van der Waals surface area contributed by atoms with Crippen LogP contribution >= 0.6 is 0 Å². The molecule has 0 atom stereocenters. The van der Waals surface area contributed by atoms with Crippen LogP contribution in [-0.2, 0) is 9.53 Å². The molecule has 2 aromatic rings. The first-order valence-corrected chi connectivity index (χ1v) is 9.00. The molecule has 1 N–H and O–H groups in total. The maximum atomic E-state index is 11.9. The van der Waals surface area contributed by atoms with Crippen LogP contribution in [0, 0.1) is 0 Å². The highest BCUT2D eigenvalue weighted by Gasteiger charge is 2.07. The highest BCUT2D eigenvalue weighted by molar-refractivity contribution is 6.02. The molecule has 26 heavy (non-hydrogen) atoms. The van der Waals surface area contributed by atoms with Crippen molar-refractivity contribution in [1.82, 2.24) is 0 Å². The van der Waals surface area contributed by atoms with E-state index >= 15 is 0 Å². The molecule has 0 unspecified atom stereocenters. The third-order valence-corrected chi connectivity index (χ3v) is 3.85. The molecule has 0 spiro atoms. The Morgan fingerprint density at radius 3 is 2.38 bits per heavy atom. The molecule has 1 amide bonds. The molecule has 4 heteroatoms. The first-order chi connectivity index (χ1) is 12.7. The lowest BCUT2D eigenvalue weighted by molar-refractivity contribution is -0.111. The summed E-state index contributed by atoms with van der Waals surface area (Å²) in [5.74, 6) is -0.552. The molecule has 0 heterocycles. The Morgan fingerprint density at radius 2 is 1.69 bits per heavy atom. The lowest BCUT2D eigenvalue weighted by atomic mass is 10.2. The van der Waals surface area contributed by atoms with Gasteiger partial charge in [-0.1, -0.05) is 56.5 Å². The standard InChI is InChI=1S/C22H25NO3/c1-2-3-4-8-17-26-22(25)19-12-14-20(15-13-19)23-21(24)16-11-18-9-6-5-7-10-18/h5-7,9-16H,2-4,8,17H2,1H3,(H,23,24). The number of anilines is 1. The van der Waals surface area contributed by atoms with Crippen molar-refractivity contribution in [2.75, 3.05) is 11.9 Å². The van der Waals surface area contributed by atoms with Crippen LogP contribution in [0.2, 0.25) is 0 Å². The molecular weight excluding hydrogens is 326 g/mol. The van der Waals surface area contributed by atoms with Crippen molar-refractivity contribution in [3.8, 4) is 0 Å². The number of esters is 1. The van der Waals surface area contributed by atoms with E-state index in [0.717, 1.165) is 31.2 Å². The number of hydrogen-bond acceptors (Lipinski definition) is 3. The molecule has 0 aliphatic heterocycles. The van der Waals surface area contributed by atoms with Gasteiger partial charge in [-0.3, -0.25) is 4.79 Å². The van der Waals surface area contributed by atoms with Crippen LogP contribution in [0.3, 0.4) is 0 Å². The van der Waals surface area contributed by atoms with E-state index in [1.54, 1.807) is 30.3 Å². The largest absolute Gasteiger partial charge is 0.462 e. The molecule has 4 nitrogen and oxygen atoms in total. The summed E-state index contributed by atoms with van der Waals surface area (Å²) < 4.78 is 5.25. The second-order valence-electron chi connectivity index (χ2n) is 6.01. The van der Waals surface area contributed by atoms with E-state index in [1.165, 1.54) is 6.08 Å². The minimum atomic E-state index is -0.330. The minimum Gasteiger partial charge on any atom is -0.462 e. The number of nitrogens with one attached hydrogen (secondary N) is 1. The van der Waals surface area contributed by atoms with E-state index in [2.05, 4.69) is 12.2 Å². The number of ether oxygens (including phenoxy) is 1. The van der Waals surface area contributed by atoms with E-state index in [4.69, 9.17) is 4.74 Å². The average molecular weight is 351 g/mol. The monoisotopic (exact) mass is 351 g/mol. The number of carbonyl (C=O) groups excluding carboxylic acids is 2. The van der Waals surface area contributed by atoms with Gasteiger partial charge in [-0.25, -0.2) is 4.79 Å². The Kier molecular flexibility index (Phi) is 8.13. The summed E-state index contributed by atoms with van der Waals surface area (Å²) >= 11 is 0. The van der Waals surface area contributed by atoms with Crippen LogP contribution in [0.15, 0.2) is 60.7 Å². The summed E-state index contributed by atoms with van der Waals surface area (Å²) in [6, 6.07) is 16.3. The van der Waals surface area contributed by atoms with Gasteiger partial charge in [0, 0.05) is 11.8 Å². The molecular formula is C22H25NO3. The fourth-order valence-corrected chi connectivity index (χ4v) is 2.39. The van der Waals surface area contributed by atoms with Gasteiger partial charge in [0.15, 0.2) is 0 Å². The van der Waals surface area contributed by atoms with Gasteiger partial charge in [0.1, 0.15) is 0 Å². The van der Waals surface area contributed by atoms with E-state index < -0.39 is 0 Å². The first-order valence-electron chi connectivity index (χ1n) is 9.00. The van der Waals surface area contributed by atoms with Crippen molar-refractivity contribution in [2.45, 2.75) is 32.6 Å². The lowest BCUT2D eigenvalue weighted by Gasteiger charge is -2.06. The van der Waals surface area contributed by atoms with Crippen LogP contribution < -0.4 is 5.32 Å². The van der Waals surface area contributed by atoms with Crippen molar-refractivity contribution in [3.63, 3.8) is 0 Å². The summed E-state index contributed by atoms with van der Waals surface area (Å²) in [6.45, 7) is 2.59. The Balaban J connectivity index is 1.80. The van der Waals surface area contributed by atoms with Crippen LogP contribution in [-0.4, -0.2) is 18.5 Å². The zero-order valence-electron chi connectivity index (χ0n) is 15.1. The summed E-state index contributed by atoms with van der Waals surface area (Å²) in [6.07, 6.45) is 7.51. The number of hydrogen-bond donors (Lipinski definition) is 1. The Bertz CT molecular complexity index is 721.